The van der Waals surface area contributed by atoms with Crippen molar-refractivity contribution in [3.63, 3.8) is 0 Å². The van der Waals surface area contributed by atoms with Gasteiger partial charge in [-0.2, -0.15) is 0 Å². The van der Waals surface area contributed by atoms with Crippen LogP contribution in [0.3, 0.4) is 0 Å². The summed E-state index contributed by atoms with van der Waals surface area (Å²) in [7, 11) is 1.33. The first-order valence-corrected chi connectivity index (χ1v) is 10.4. The van der Waals surface area contributed by atoms with Gasteiger partial charge in [-0.05, 0) is 41.6 Å². The van der Waals surface area contributed by atoms with Crippen molar-refractivity contribution in [2.24, 2.45) is 5.11 Å². The van der Waals surface area contributed by atoms with E-state index in [-0.39, 0.29) is 25.3 Å². The van der Waals surface area contributed by atoms with Crippen LogP contribution in [0.1, 0.15) is 40.4 Å². The number of azide groups is 1. The van der Waals surface area contributed by atoms with Crippen molar-refractivity contribution >= 4 is 12.1 Å². The summed E-state index contributed by atoms with van der Waals surface area (Å²) in [5, 5.41) is 3.49. The van der Waals surface area contributed by atoms with Crippen molar-refractivity contribution in [1.29, 1.82) is 0 Å². The van der Waals surface area contributed by atoms with E-state index in [9.17, 15) is 9.59 Å². The van der Waals surface area contributed by atoms with Gasteiger partial charge in [0.25, 0.3) is 0 Å². The molecule has 2 aromatic carbocycles. The lowest BCUT2D eigenvalue weighted by Crippen LogP contribution is -2.43. The van der Waals surface area contributed by atoms with Gasteiger partial charge in [0.05, 0.1) is 31.4 Å². The summed E-state index contributed by atoms with van der Waals surface area (Å²) in [4.78, 5) is 29.1. The third-order valence-corrected chi connectivity index (χ3v) is 5.32. The number of ether oxygens (including phenoxy) is 3. The molecule has 2 atom stereocenters. The maximum atomic E-state index is 12.9. The molecular weight excluding hydrogens is 412 g/mol. The zero-order chi connectivity index (χ0) is 22.8. The van der Waals surface area contributed by atoms with E-state index < -0.39 is 12.1 Å². The Balaban J connectivity index is 1.72. The van der Waals surface area contributed by atoms with Crippen LogP contribution < -0.4 is 0 Å². The van der Waals surface area contributed by atoms with Crippen LogP contribution in [0.15, 0.2) is 59.7 Å². The van der Waals surface area contributed by atoms with Gasteiger partial charge in [-0.25, -0.2) is 9.59 Å². The highest BCUT2D eigenvalue weighted by Crippen LogP contribution is 2.33. The van der Waals surface area contributed by atoms with Crippen LogP contribution in [0.4, 0.5) is 4.79 Å². The molecular formula is C23H26N4O5. The second-order valence-corrected chi connectivity index (χ2v) is 7.33. The molecule has 9 heteroatoms. The molecule has 3 rings (SSSR count). The van der Waals surface area contributed by atoms with Gasteiger partial charge in [0.15, 0.2) is 0 Å². The van der Waals surface area contributed by atoms with Gasteiger partial charge in [0, 0.05) is 18.0 Å². The number of amides is 1. The van der Waals surface area contributed by atoms with E-state index in [0.717, 1.165) is 11.1 Å². The van der Waals surface area contributed by atoms with Crippen molar-refractivity contribution in [3.8, 4) is 0 Å². The summed E-state index contributed by atoms with van der Waals surface area (Å²) in [6.07, 6.45) is 0.720. The van der Waals surface area contributed by atoms with Crippen LogP contribution in [0.25, 0.3) is 10.4 Å². The van der Waals surface area contributed by atoms with Crippen LogP contribution >= 0.6 is 0 Å². The quantitative estimate of drug-likeness (QED) is 0.196. The van der Waals surface area contributed by atoms with Crippen molar-refractivity contribution in [1.82, 2.24) is 4.90 Å². The first-order valence-electron chi connectivity index (χ1n) is 10.4. The molecule has 1 amide bonds. The molecule has 0 unspecified atom stereocenters. The summed E-state index contributed by atoms with van der Waals surface area (Å²) in [6, 6.07) is 16.2. The minimum absolute atomic E-state index is 0.0904. The lowest BCUT2D eigenvalue weighted by molar-refractivity contribution is -0.0144. The largest absolute Gasteiger partial charge is 0.465 e. The first-order chi connectivity index (χ1) is 15.6. The molecule has 9 nitrogen and oxygen atoms in total. The summed E-state index contributed by atoms with van der Waals surface area (Å²) in [5.74, 6) is -0.418. The molecule has 1 heterocycles. The van der Waals surface area contributed by atoms with E-state index in [0.29, 0.717) is 31.6 Å². The molecule has 0 aliphatic carbocycles. The predicted octanol–water partition coefficient (Wildman–Crippen LogP) is 4.64. The fourth-order valence-electron chi connectivity index (χ4n) is 3.69. The Kier molecular flexibility index (Phi) is 8.48. The van der Waals surface area contributed by atoms with E-state index in [4.69, 9.17) is 19.7 Å². The number of hydrogen-bond donors (Lipinski definition) is 0. The van der Waals surface area contributed by atoms with Crippen LogP contribution in [-0.2, 0) is 20.8 Å². The van der Waals surface area contributed by atoms with Crippen LogP contribution in [-0.4, -0.2) is 49.9 Å². The highest BCUT2D eigenvalue weighted by Gasteiger charge is 2.34. The highest BCUT2D eigenvalue weighted by atomic mass is 16.6. The van der Waals surface area contributed by atoms with E-state index in [2.05, 4.69) is 10.0 Å². The zero-order valence-corrected chi connectivity index (χ0v) is 17.9. The molecule has 168 valence electrons. The van der Waals surface area contributed by atoms with Gasteiger partial charge in [-0.15, -0.1) is 0 Å². The van der Waals surface area contributed by atoms with E-state index in [1.807, 2.05) is 42.5 Å². The minimum Gasteiger partial charge on any atom is -0.465 e. The van der Waals surface area contributed by atoms with Crippen molar-refractivity contribution in [3.05, 3.63) is 81.7 Å². The second kappa shape index (κ2) is 11.7. The minimum atomic E-state index is -0.418. The average Bonchev–Trinajstić information content (AvgIpc) is 2.85. The molecule has 1 saturated heterocycles. The maximum absolute atomic E-state index is 12.9. The number of carbonyl (C=O) groups excluding carboxylic acids is 2. The SMILES string of the molecule is COC(=O)c1ccc([C@@H]2C[C@@H](OCCN=[N+]=[N-])CCN2C(=O)OCc2ccccc2)cc1. The molecule has 0 saturated carbocycles. The van der Waals surface area contributed by atoms with E-state index in [1.54, 1.807) is 17.0 Å². The fraction of sp³-hybridized carbons (Fsp3) is 0.391. The molecule has 0 bridgehead atoms. The molecule has 1 fully saturated rings. The smallest absolute Gasteiger partial charge is 0.410 e. The van der Waals surface area contributed by atoms with Crippen molar-refractivity contribution < 1.29 is 23.8 Å². The molecule has 32 heavy (non-hydrogen) atoms. The lowest BCUT2D eigenvalue weighted by atomic mass is 9.93. The second-order valence-electron chi connectivity index (χ2n) is 7.33. The van der Waals surface area contributed by atoms with E-state index in [1.165, 1.54) is 7.11 Å². The number of carbonyl (C=O) groups is 2. The normalized spacial score (nSPS) is 17.8. The molecule has 2 aromatic rings. The van der Waals surface area contributed by atoms with Crippen LogP contribution in [0, 0.1) is 0 Å². The summed E-state index contributed by atoms with van der Waals surface area (Å²) in [6.45, 7) is 1.23. The van der Waals surface area contributed by atoms with E-state index >= 15 is 0 Å². The van der Waals surface area contributed by atoms with Gasteiger partial charge < -0.3 is 19.1 Å². The van der Waals surface area contributed by atoms with Crippen LogP contribution in [0.2, 0.25) is 0 Å². The Morgan fingerprint density at radius 2 is 1.91 bits per heavy atom. The number of nitrogens with zero attached hydrogens (tertiary/aromatic N) is 4. The molecule has 0 aromatic heterocycles. The number of rotatable bonds is 8. The van der Waals surface area contributed by atoms with Gasteiger partial charge in [-0.3, -0.25) is 0 Å². The standard InChI is InChI=1S/C23H26N4O5/c1-30-22(28)19-9-7-18(8-10-19)21-15-20(31-14-12-25-26-24)11-13-27(21)23(29)32-16-17-5-3-2-4-6-17/h2-10,20-21H,11-16H2,1H3/t20-,21-/m0/s1. The number of piperidine rings is 1. The number of esters is 1. The lowest BCUT2D eigenvalue weighted by Gasteiger charge is -2.39. The molecule has 0 spiro atoms. The monoisotopic (exact) mass is 438 g/mol. The predicted molar refractivity (Wildman–Crippen MR) is 117 cm³/mol. The van der Waals surface area contributed by atoms with Crippen molar-refractivity contribution in [2.75, 3.05) is 26.8 Å². The number of hydrogen-bond acceptors (Lipinski definition) is 6. The topological polar surface area (TPSA) is 114 Å². The molecule has 0 N–H and O–H groups in total. The summed E-state index contributed by atoms with van der Waals surface area (Å²) >= 11 is 0. The molecule has 1 aliphatic heterocycles. The maximum Gasteiger partial charge on any atom is 0.410 e. The van der Waals surface area contributed by atoms with Crippen molar-refractivity contribution in [2.45, 2.75) is 31.6 Å². The number of likely N-dealkylation sites (tertiary alicyclic amines) is 1. The third-order valence-electron chi connectivity index (χ3n) is 5.32. The number of methoxy groups -OCH3 is 1. The Labute approximate surface area is 186 Å². The number of benzene rings is 2. The fourth-order valence-corrected chi connectivity index (χ4v) is 3.69. The Bertz CT molecular complexity index is 945. The van der Waals surface area contributed by atoms with Crippen LogP contribution in [0.5, 0.6) is 0 Å². The first kappa shape index (κ1) is 23.1. The average molecular weight is 438 g/mol. The Morgan fingerprint density at radius 3 is 2.59 bits per heavy atom. The van der Waals surface area contributed by atoms with Gasteiger partial charge in [0.1, 0.15) is 6.61 Å². The summed E-state index contributed by atoms with van der Waals surface area (Å²) in [5.41, 5.74) is 10.6. The molecule has 1 aliphatic rings. The molecule has 0 radical (unpaired) electrons. The highest BCUT2D eigenvalue weighted by molar-refractivity contribution is 5.89. The van der Waals surface area contributed by atoms with Gasteiger partial charge in [-0.1, -0.05) is 47.6 Å². The summed E-state index contributed by atoms with van der Waals surface area (Å²) < 4.78 is 16.2. The van der Waals surface area contributed by atoms with Gasteiger partial charge in [0.2, 0.25) is 0 Å². The Hall–Kier alpha value is -3.55. The van der Waals surface area contributed by atoms with Gasteiger partial charge >= 0.3 is 12.1 Å². The third kappa shape index (κ3) is 6.23. The zero-order valence-electron chi connectivity index (χ0n) is 17.9. The Morgan fingerprint density at radius 1 is 1.16 bits per heavy atom.